The topological polar surface area (TPSA) is 49.2 Å². The molecule has 0 saturated carbocycles. The average Bonchev–Trinajstić information content (AvgIpc) is 3.31. The van der Waals surface area contributed by atoms with Gasteiger partial charge in [-0.1, -0.05) is 41.1 Å². The van der Waals surface area contributed by atoms with Crippen LogP contribution in [0.4, 0.5) is 0 Å². The number of hydrogen-bond acceptors (Lipinski definition) is 5. The predicted molar refractivity (Wildman–Crippen MR) is 103 cm³/mol. The largest absolute Gasteiger partial charge is 0.349 e. The maximum atomic E-state index is 6.03. The molecule has 0 spiro atoms. The van der Waals surface area contributed by atoms with Crippen LogP contribution in [0.25, 0.3) is 17.1 Å². The fraction of sp³-hybridized carbons (Fsp3) is 0.263. The summed E-state index contributed by atoms with van der Waals surface area (Å²) in [6, 6.07) is 15.9. The van der Waals surface area contributed by atoms with Gasteiger partial charge in [0.05, 0.1) is 19.0 Å². The lowest BCUT2D eigenvalue weighted by Crippen LogP contribution is -2.11. The van der Waals surface area contributed by atoms with Gasteiger partial charge in [0.25, 0.3) is 0 Å². The molecule has 0 aliphatic carbocycles. The smallest absolute Gasteiger partial charge is 0.196 e. The van der Waals surface area contributed by atoms with Crippen molar-refractivity contribution in [3.05, 3.63) is 59.1 Å². The molecule has 0 N–H and O–H groups in total. The van der Waals surface area contributed by atoms with Crippen LogP contribution in [-0.4, -0.2) is 40.0 Å². The molecule has 5 nitrogen and oxygen atoms in total. The number of rotatable bonds is 5. The zero-order valence-electron chi connectivity index (χ0n) is 14.3. The highest BCUT2D eigenvalue weighted by Crippen LogP contribution is 2.29. The predicted octanol–water partition coefficient (Wildman–Crippen LogP) is 4.36. The molecule has 3 aromatic rings. The van der Waals surface area contributed by atoms with E-state index in [0.29, 0.717) is 24.0 Å². The first kappa shape index (κ1) is 17.5. The third-order valence-corrected chi connectivity index (χ3v) is 5.28. The van der Waals surface area contributed by atoms with Crippen molar-refractivity contribution >= 4 is 23.4 Å². The van der Waals surface area contributed by atoms with Crippen molar-refractivity contribution in [3.8, 4) is 17.1 Å². The summed E-state index contributed by atoms with van der Waals surface area (Å²) in [7, 11) is 0. The summed E-state index contributed by atoms with van der Waals surface area (Å²) in [5.41, 5.74) is 3.18. The molecule has 0 amide bonds. The lowest BCUT2D eigenvalue weighted by atomic mass is 10.2. The number of benzene rings is 2. The van der Waals surface area contributed by atoms with E-state index >= 15 is 0 Å². The Morgan fingerprint density at radius 3 is 2.42 bits per heavy atom. The molecule has 1 fully saturated rings. The SMILES string of the molecule is Cc1ccc(-n2c(SCC3OCCO3)nnc2-c2ccc(Cl)cc2)cc1. The van der Waals surface area contributed by atoms with E-state index in [9.17, 15) is 0 Å². The van der Waals surface area contributed by atoms with Crippen LogP contribution in [0, 0.1) is 6.92 Å². The molecule has 1 aromatic heterocycles. The van der Waals surface area contributed by atoms with Crippen molar-refractivity contribution in [2.24, 2.45) is 0 Å². The molecule has 1 saturated heterocycles. The average molecular weight is 388 g/mol. The molecular weight excluding hydrogens is 370 g/mol. The molecule has 2 aromatic carbocycles. The lowest BCUT2D eigenvalue weighted by Gasteiger charge is -2.12. The van der Waals surface area contributed by atoms with Gasteiger partial charge < -0.3 is 9.47 Å². The first-order chi connectivity index (χ1) is 12.7. The monoisotopic (exact) mass is 387 g/mol. The van der Waals surface area contributed by atoms with Crippen molar-refractivity contribution < 1.29 is 9.47 Å². The third kappa shape index (κ3) is 3.78. The second kappa shape index (κ2) is 7.80. The fourth-order valence-corrected chi connectivity index (χ4v) is 3.75. The van der Waals surface area contributed by atoms with Crippen LogP contribution in [0.1, 0.15) is 5.56 Å². The Labute approximate surface area is 161 Å². The number of hydrogen-bond donors (Lipinski definition) is 0. The van der Waals surface area contributed by atoms with Gasteiger partial charge in [-0.15, -0.1) is 10.2 Å². The molecule has 1 aliphatic heterocycles. The van der Waals surface area contributed by atoms with Gasteiger partial charge in [-0.05, 0) is 43.3 Å². The number of ether oxygens (including phenoxy) is 2. The quantitative estimate of drug-likeness (QED) is 0.609. The molecule has 26 heavy (non-hydrogen) atoms. The van der Waals surface area contributed by atoms with Crippen molar-refractivity contribution in [1.82, 2.24) is 14.8 Å². The van der Waals surface area contributed by atoms with Crippen LogP contribution in [0.5, 0.6) is 0 Å². The molecule has 4 rings (SSSR count). The minimum absolute atomic E-state index is 0.192. The summed E-state index contributed by atoms with van der Waals surface area (Å²) < 4.78 is 13.1. The van der Waals surface area contributed by atoms with Crippen molar-refractivity contribution in [2.75, 3.05) is 19.0 Å². The summed E-state index contributed by atoms with van der Waals surface area (Å²) in [5, 5.41) is 10.3. The maximum Gasteiger partial charge on any atom is 0.196 e. The number of thioether (sulfide) groups is 1. The van der Waals surface area contributed by atoms with Gasteiger partial charge in [-0.25, -0.2) is 0 Å². The van der Waals surface area contributed by atoms with Gasteiger partial charge in [0.1, 0.15) is 0 Å². The zero-order chi connectivity index (χ0) is 17.9. The Bertz CT molecular complexity index is 875. The van der Waals surface area contributed by atoms with Crippen LogP contribution < -0.4 is 0 Å². The van der Waals surface area contributed by atoms with Crippen LogP contribution >= 0.6 is 23.4 Å². The minimum Gasteiger partial charge on any atom is -0.349 e. The standard InChI is InChI=1S/C19H18ClN3O2S/c1-13-2-8-16(9-3-13)23-18(14-4-6-15(20)7-5-14)21-22-19(23)26-12-17-24-10-11-25-17/h2-9,17H,10-12H2,1H3. The second-order valence-electron chi connectivity index (χ2n) is 5.97. The Morgan fingerprint density at radius 1 is 1.04 bits per heavy atom. The van der Waals surface area contributed by atoms with Crippen LogP contribution in [0.3, 0.4) is 0 Å². The van der Waals surface area contributed by atoms with E-state index in [0.717, 1.165) is 22.2 Å². The summed E-state index contributed by atoms with van der Waals surface area (Å²) >= 11 is 7.60. The van der Waals surface area contributed by atoms with Gasteiger partial charge >= 0.3 is 0 Å². The third-order valence-electron chi connectivity index (χ3n) is 4.07. The van der Waals surface area contributed by atoms with Gasteiger partial charge in [0.15, 0.2) is 17.3 Å². The summed E-state index contributed by atoms with van der Waals surface area (Å²) in [6.07, 6.45) is -0.192. The van der Waals surface area contributed by atoms with E-state index < -0.39 is 0 Å². The van der Waals surface area contributed by atoms with Gasteiger partial charge in [0, 0.05) is 16.3 Å². The van der Waals surface area contributed by atoms with Crippen molar-refractivity contribution in [3.63, 3.8) is 0 Å². The Hall–Kier alpha value is -1.86. The van der Waals surface area contributed by atoms with Crippen molar-refractivity contribution in [2.45, 2.75) is 18.4 Å². The molecule has 0 radical (unpaired) electrons. The normalized spacial score (nSPS) is 14.8. The van der Waals surface area contributed by atoms with Crippen LogP contribution in [0.15, 0.2) is 53.7 Å². The number of aromatic nitrogens is 3. The Balaban J connectivity index is 1.71. The molecule has 1 aliphatic rings. The lowest BCUT2D eigenvalue weighted by molar-refractivity contribution is -0.0215. The highest BCUT2D eigenvalue weighted by atomic mass is 35.5. The molecule has 7 heteroatoms. The Morgan fingerprint density at radius 2 is 1.73 bits per heavy atom. The van der Waals surface area contributed by atoms with E-state index in [4.69, 9.17) is 21.1 Å². The number of nitrogens with zero attached hydrogens (tertiary/aromatic N) is 3. The second-order valence-corrected chi connectivity index (χ2v) is 7.39. The first-order valence-corrected chi connectivity index (χ1v) is 9.71. The van der Waals surface area contributed by atoms with Gasteiger partial charge in [0.2, 0.25) is 0 Å². The maximum absolute atomic E-state index is 6.03. The fourth-order valence-electron chi connectivity index (χ4n) is 2.72. The summed E-state index contributed by atoms with van der Waals surface area (Å²) in [5.74, 6) is 1.45. The van der Waals surface area contributed by atoms with E-state index in [1.54, 1.807) is 11.8 Å². The highest BCUT2D eigenvalue weighted by molar-refractivity contribution is 7.99. The Kier molecular flexibility index (Phi) is 5.26. The van der Waals surface area contributed by atoms with E-state index in [2.05, 4.69) is 46.0 Å². The van der Waals surface area contributed by atoms with Crippen LogP contribution in [-0.2, 0) is 9.47 Å². The molecular formula is C19H18ClN3O2S. The number of aryl methyl sites for hydroxylation is 1. The molecule has 0 bridgehead atoms. The van der Waals surface area contributed by atoms with E-state index in [1.807, 2.05) is 24.3 Å². The van der Waals surface area contributed by atoms with E-state index in [1.165, 1.54) is 5.56 Å². The minimum atomic E-state index is -0.192. The first-order valence-electron chi connectivity index (χ1n) is 8.35. The summed E-state index contributed by atoms with van der Waals surface area (Å²) in [4.78, 5) is 0. The van der Waals surface area contributed by atoms with Crippen molar-refractivity contribution in [1.29, 1.82) is 0 Å². The molecule has 2 heterocycles. The highest BCUT2D eigenvalue weighted by Gasteiger charge is 2.20. The molecule has 0 atom stereocenters. The molecule has 0 unspecified atom stereocenters. The number of halogens is 1. The van der Waals surface area contributed by atoms with E-state index in [-0.39, 0.29) is 6.29 Å². The van der Waals surface area contributed by atoms with Crippen LogP contribution in [0.2, 0.25) is 5.02 Å². The summed E-state index contributed by atoms with van der Waals surface area (Å²) in [6.45, 7) is 3.36. The zero-order valence-corrected chi connectivity index (χ0v) is 15.8. The molecule has 134 valence electrons. The van der Waals surface area contributed by atoms with Gasteiger partial charge in [-0.2, -0.15) is 0 Å². The van der Waals surface area contributed by atoms with Gasteiger partial charge in [-0.3, -0.25) is 4.57 Å².